The SMILES string of the molecule is COCC(C)C(CN)N1CCCC(C)(C)C1. The van der Waals surface area contributed by atoms with Gasteiger partial charge in [-0.2, -0.15) is 0 Å². The molecule has 0 aromatic rings. The van der Waals surface area contributed by atoms with Crippen molar-refractivity contribution < 1.29 is 4.74 Å². The van der Waals surface area contributed by atoms with Crippen molar-refractivity contribution in [3.63, 3.8) is 0 Å². The summed E-state index contributed by atoms with van der Waals surface area (Å²) in [7, 11) is 1.77. The Morgan fingerprint density at radius 1 is 1.44 bits per heavy atom. The van der Waals surface area contributed by atoms with Gasteiger partial charge in [-0.05, 0) is 30.7 Å². The first-order valence-corrected chi connectivity index (χ1v) is 6.43. The number of piperidine rings is 1. The molecule has 1 rings (SSSR count). The Kier molecular flexibility index (Phi) is 5.22. The molecule has 1 aliphatic heterocycles. The van der Waals surface area contributed by atoms with Crippen LogP contribution >= 0.6 is 0 Å². The van der Waals surface area contributed by atoms with Crippen molar-refractivity contribution in [2.24, 2.45) is 17.1 Å². The monoisotopic (exact) mass is 228 g/mol. The van der Waals surface area contributed by atoms with E-state index in [-0.39, 0.29) is 0 Å². The van der Waals surface area contributed by atoms with Gasteiger partial charge in [0.1, 0.15) is 0 Å². The van der Waals surface area contributed by atoms with E-state index in [2.05, 4.69) is 25.7 Å². The molecule has 0 aromatic heterocycles. The highest BCUT2D eigenvalue weighted by molar-refractivity contribution is 4.86. The van der Waals surface area contributed by atoms with Crippen LogP contribution in [0.2, 0.25) is 0 Å². The molecule has 0 saturated carbocycles. The molecular formula is C13H28N2O. The van der Waals surface area contributed by atoms with Crippen LogP contribution in [0.25, 0.3) is 0 Å². The summed E-state index contributed by atoms with van der Waals surface area (Å²) in [6, 6.07) is 0.472. The number of nitrogens with two attached hydrogens (primary N) is 1. The molecular weight excluding hydrogens is 200 g/mol. The van der Waals surface area contributed by atoms with Crippen LogP contribution in [0.5, 0.6) is 0 Å². The van der Waals surface area contributed by atoms with Gasteiger partial charge in [0.2, 0.25) is 0 Å². The molecule has 96 valence electrons. The second kappa shape index (κ2) is 5.99. The molecule has 1 saturated heterocycles. The normalized spacial score (nSPS) is 25.3. The number of likely N-dealkylation sites (tertiary alicyclic amines) is 1. The number of hydrogen-bond donors (Lipinski definition) is 1. The predicted octanol–water partition coefficient (Wildman–Crippen LogP) is 1.72. The number of ether oxygens (including phenoxy) is 1. The third-order valence-electron chi connectivity index (χ3n) is 3.73. The van der Waals surface area contributed by atoms with E-state index in [4.69, 9.17) is 10.5 Å². The summed E-state index contributed by atoms with van der Waals surface area (Å²) in [5, 5.41) is 0. The lowest BCUT2D eigenvalue weighted by Gasteiger charge is -2.43. The molecule has 2 N–H and O–H groups in total. The van der Waals surface area contributed by atoms with Gasteiger partial charge in [-0.15, -0.1) is 0 Å². The van der Waals surface area contributed by atoms with Crippen LogP contribution < -0.4 is 5.73 Å². The Morgan fingerprint density at radius 2 is 2.12 bits per heavy atom. The average Bonchev–Trinajstić information content (AvgIpc) is 2.17. The van der Waals surface area contributed by atoms with E-state index in [0.29, 0.717) is 17.4 Å². The zero-order valence-corrected chi connectivity index (χ0v) is 11.3. The van der Waals surface area contributed by atoms with Crippen molar-refractivity contribution >= 4 is 0 Å². The van der Waals surface area contributed by atoms with Crippen LogP contribution in [0.3, 0.4) is 0 Å². The van der Waals surface area contributed by atoms with Crippen molar-refractivity contribution in [1.29, 1.82) is 0 Å². The smallest absolute Gasteiger partial charge is 0.0503 e. The van der Waals surface area contributed by atoms with Gasteiger partial charge in [-0.25, -0.2) is 0 Å². The lowest BCUT2D eigenvalue weighted by atomic mass is 9.82. The third kappa shape index (κ3) is 3.72. The standard InChI is InChI=1S/C13H28N2O/c1-11(9-16-4)12(8-14)15-7-5-6-13(2,3)10-15/h11-12H,5-10,14H2,1-4H3. The van der Waals surface area contributed by atoms with Gasteiger partial charge < -0.3 is 10.5 Å². The predicted molar refractivity (Wildman–Crippen MR) is 68.5 cm³/mol. The van der Waals surface area contributed by atoms with E-state index in [9.17, 15) is 0 Å². The molecule has 0 spiro atoms. The van der Waals surface area contributed by atoms with Crippen LogP contribution in [0.4, 0.5) is 0 Å². The second-order valence-electron chi connectivity index (χ2n) is 5.97. The molecule has 0 amide bonds. The van der Waals surface area contributed by atoms with Gasteiger partial charge in [0, 0.05) is 26.2 Å². The van der Waals surface area contributed by atoms with E-state index in [1.807, 2.05) is 0 Å². The van der Waals surface area contributed by atoms with Crippen LogP contribution in [0.1, 0.15) is 33.6 Å². The Labute approximate surface area is 100 Å². The maximum absolute atomic E-state index is 5.93. The van der Waals surface area contributed by atoms with Crippen molar-refractivity contribution in [2.45, 2.75) is 39.7 Å². The van der Waals surface area contributed by atoms with Crippen molar-refractivity contribution in [1.82, 2.24) is 4.90 Å². The Hall–Kier alpha value is -0.120. The summed E-state index contributed by atoms with van der Waals surface area (Å²) in [4.78, 5) is 2.56. The highest BCUT2D eigenvalue weighted by Crippen LogP contribution is 2.30. The van der Waals surface area contributed by atoms with Crippen LogP contribution in [0, 0.1) is 11.3 Å². The number of hydrogen-bond acceptors (Lipinski definition) is 3. The maximum Gasteiger partial charge on any atom is 0.0503 e. The van der Waals surface area contributed by atoms with Crippen molar-refractivity contribution in [3.05, 3.63) is 0 Å². The summed E-state index contributed by atoms with van der Waals surface area (Å²) in [6.07, 6.45) is 2.63. The van der Waals surface area contributed by atoms with Gasteiger partial charge in [0.15, 0.2) is 0 Å². The molecule has 1 aliphatic rings. The fourth-order valence-corrected chi connectivity index (χ4v) is 2.87. The number of methoxy groups -OCH3 is 1. The second-order valence-corrected chi connectivity index (χ2v) is 5.97. The van der Waals surface area contributed by atoms with Crippen molar-refractivity contribution in [3.8, 4) is 0 Å². The minimum atomic E-state index is 0.443. The molecule has 0 aromatic carbocycles. The minimum Gasteiger partial charge on any atom is -0.384 e. The quantitative estimate of drug-likeness (QED) is 0.778. The van der Waals surface area contributed by atoms with E-state index in [1.165, 1.54) is 25.9 Å². The summed E-state index contributed by atoms with van der Waals surface area (Å²) in [5.41, 5.74) is 6.37. The molecule has 0 aliphatic carbocycles. The lowest BCUT2D eigenvalue weighted by Crippen LogP contribution is -2.52. The van der Waals surface area contributed by atoms with Gasteiger partial charge in [-0.3, -0.25) is 4.90 Å². The van der Waals surface area contributed by atoms with Crippen LogP contribution in [-0.2, 0) is 4.74 Å². The largest absolute Gasteiger partial charge is 0.384 e. The fraction of sp³-hybridized carbons (Fsp3) is 1.00. The molecule has 3 heteroatoms. The van der Waals surface area contributed by atoms with Crippen molar-refractivity contribution in [2.75, 3.05) is 33.4 Å². The molecule has 1 fully saturated rings. The van der Waals surface area contributed by atoms with Crippen LogP contribution in [0.15, 0.2) is 0 Å². The van der Waals surface area contributed by atoms with E-state index in [0.717, 1.165) is 13.2 Å². The Balaban J connectivity index is 2.58. The average molecular weight is 228 g/mol. The highest BCUT2D eigenvalue weighted by atomic mass is 16.5. The Morgan fingerprint density at radius 3 is 2.62 bits per heavy atom. The van der Waals surface area contributed by atoms with Gasteiger partial charge in [-0.1, -0.05) is 20.8 Å². The molecule has 2 unspecified atom stereocenters. The topological polar surface area (TPSA) is 38.5 Å². The minimum absolute atomic E-state index is 0.443. The first-order chi connectivity index (χ1) is 7.50. The summed E-state index contributed by atoms with van der Waals surface area (Å²) < 4.78 is 5.25. The maximum atomic E-state index is 5.93. The summed E-state index contributed by atoms with van der Waals surface area (Å²) in [6.45, 7) is 10.9. The number of nitrogens with zero attached hydrogens (tertiary/aromatic N) is 1. The summed E-state index contributed by atoms with van der Waals surface area (Å²) >= 11 is 0. The molecule has 0 bridgehead atoms. The van der Waals surface area contributed by atoms with Crippen LogP contribution in [-0.4, -0.2) is 44.3 Å². The summed E-state index contributed by atoms with van der Waals surface area (Å²) in [5.74, 6) is 0.517. The molecule has 0 radical (unpaired) electrons. The molecule has 1 heterocycles. The zero-order chi connectivity index (χ0) is 12.2. The third-order valence-corrected chi connectivity index (χ3v) is 3.73. The molecule has 3 nitrogen and oxygen atoms in total. The molecule has 2 atom stereocenters. The Bertz CT molecular complexity index is 206. The number of rotatable bonds is 5. The van der Waals surface area contributed by atoms with E-state index in [1.54, 1.807) is 7.11 Å². The first kappa shape index (κ1) is 13.9. The fourth-order valence-electron chi connectivity index (χ4n) is 2.87. The first-order valence-electron chi connectivity index (χ1n) is 6.43. The van der Waals surface area contributed by atoms with E-state index >= 15 is 0 Å². The van der Waals surface area contributed by atoms with Gasteiger partial charge in [0.25, 0.3) is 0 Å². The highest BCUT2D eigenvalue weighted by Gasteiger charge is 2.32. The lowest BCUT2D eigenvalue weighted by molar-refractivity contribution is 0.0347. The van der Waals surface area contributed by atoms with Gasteiger partial charge >= 0.3 is 0 Å². The molecule has 16 heavy (non-hydrogen) atoms. The van der Waals surface area contributed by atoms with E-state index < -0.39 is 0 Å². The zero-order valence-electron chi connectivity index (χ0n) is 11.3. The van der Waals surface area contributed by atoms with Gasteiger partial charge in [0.05, 0.1) is 6.61 Å².